The summed E-state index contributed by atoms with van der Waals surface area (Å²) >= 11 is 0. The van der Waals surface area contributed by atoms with Crippen LogP contribution >= 0.6 is 0 Å². The van der Waals surface area contributed by atoms with Gasteiger partial charge in [0.15, 0.2) is 0 Å². The molecule has 1 fully saturated rings. The average molecular weight is 342 g/mol. The second kappa shape index (κ2) is 8.71. The van der Waals surface area contributed by atoms with E-state index in [4.69, 9.17) is 9.47 Å². The Morgan fingerprint density at radius 1 is 1.28 bits per heavy atom. The molecule has 1 aliphatic rings. The van der Waals surface area contributed by atoms with Crippen LogP contribution in [0.2, 0.25) is 0 Å². The van der Waals surface area contributed by atoms with Gasteiger partial charge in [0, 0.05) is 12.8 Å². The highest BCUT2D eigenvalue weighted by Gasteiger charge is 2.28. The van der Waals surface area contributed by atoms with Crippen molar-refractivity contribution in [3.05, 3.63) is 65.5 Å². The van der Waals surface area contributed by atoms with Gasteiger partial charge in [-0.2, -0.15) is 0 Å². The second-order valence-electron chi connectivity index (χ2n) is 5.99. The van der Waals surface area contributed by atoms with Gasteiger partial charge in [-0.05, 0) is 29.7 Å². The maximum atomic E-state index is 12.4. The number of carbonyl (C=O) groups excluding carboxylic acids is 1. The number of hydrogen-bond donors (Lipinski definition) is 2. The highest BCUT2D eigenvalue weighted by Crippen LogP contribution is 2.15. The van der Waals surface area contributed by atoms with Crippen LogP contribution in [0.25, 0.3) is 0 Å². The first kappa shape index (κ1) is 17.5. The molecule has 1 aromatic heterocycles. The third-order valence-electron chi connectivity index (χ3n) is 4.17. The summed E-state index contributed by atoms with van der Waals surface area (Å²) in [7, 11) is 0. The van der Waals surface area contributed by atoms with E-state index in [9.17, 15) is 9.90 Å². The Labute approximate surface area is 146 Å². The van der Waals surface area contributed by atoms with Crippen LogP contribution in [-0.2, 0) is 22.7 Å². The summed E-state index contributed by atoms with van der Waals surface area (Å²) in [5, 5.41) is 12.2. The molecule has 0 aliphatic carbocycles. The zero-order valence-corrected chi connectivity index (χ0v) is 13.9. The van der Waals surface area contributed by atoms with Gasteiger partial charge in [-0.1, -0.05) is 30.3 Å². The zero-order chi connectivity index (χ0) is 17.5. The van der Waals surface area contributed by atoms with Crippen LogP contribution in [0.3, 0.4) is 0 Å². The molecule has 2 aromatic rings. The number of benzene rings is 1. The molecule has 0 radical (unpaired) electrons. The standard InChI is InChI=1S/C19H22N2O4/c22-11-15-6-8-20-17(10-15)19(23)21-16-7-9-24-13-18(16)25-12-14-4-2-1-3-5-14/h1-6,8,10,16,18,22H,7,9,11-13H2,(H,21,23)/t16-,18-/m1/s1. The molecular formula is C19H22N2O4. The first-order chi connectivity index (χ1) is 12.3. The van der Waals surface area contributed by atoms with E-state index < -0.39 is 0 Å². The third kappa shape index (κ3) is 4.85. The van der Waals surface area contributed by atoms with E-state index in [0.29, 0.717) is 37.5 Å². The first-order valence-corrected chi connectivity index (χ1v) is 8.36. The van der Waals surface area contributed by atoms with Crippen LogP contribution in [0.5, 0.6) is 0 Å². The molecule has 25 heavy (non-hydrogen) atoms. The molecule has 0 spiro atoms. The van der Waals surface area contributed by atoms with Gasteiger partial charge < -0.3 is 19.9 Å². The molecule has 0 bridgehead atoms. The molecule has 6 heteroatoms. The molecule has 0 unspecified atom stereocenters. The number of nitrogens with one attached hydrogen (secondary N) is 1. The number of pyridine rings is 1. The van der Waals surface area contributed by atoms with Gasteiger partial charge >= 0.3 is 0 Å². The highest BCUT2D eigenvalue weighted by molar-refractivity contribution is 5.92. The number of ether oxygens (including phenoxy) is 2. The lowest BCUT2D eigenvalue weighted by Gasteiger charge is -2.32. The number of aliphatic hydroxyl groups is 1. The molecule has 2 N–H and O–H groups in total. The van der Waals surface area contributed by atoms with Gasteiger partial charge in [-0.3, -0.25) is 9.78 Å². The minimum absolute atomic E-state index is 0.122. The summed E-state index contributed by atoms with van der Waals surface area (Å²) in [5.74, 6) is -0.268. The lowest BCUT2D eigenvalue weighted by molar-refractivity contribution is -0.0736. The van der Waals surface area contributed by atoms with Crippen molar-refractivity contribution in [2.24, 2.45) is 0 Å². The summed E-state index contributed by atoms with van der Waals surface area (Å²) in [4.78, 5) is 16.5. The van der Waals surface area contributed by atoms with Crippen LogP contribution < -0.4 is 5.32 Å². The first-order valence-electron chi connectivity index (χ1n) is 8.36. The van der Waals surface area contributed by atoms with Crippen molar-refractivity contribution in [3.63, 3.8) is 0 Å². The molecule has 1 saturated heterocycles. The highest BCUT2D eigenvalue weighted by atomic mass is 16.5. The maximum Gasteiger partial charge on any atom is 0.270 e. The quantitative estimate of drug-likeness (QED) is 0.835. The van der Waals surface area contributed by atoms with Gasteiger partial charge in [0.1, 0.15) is 11.8 Å². The number of rotatable bonds is 6. The molecule has 132 valence electrons. The molecule has 2 atom stereocenters. The molecular weight excluding hydrogens is 320 g/mol. The minimum Gasteiger partial charge on any atom is -0.392 e. The summed E-state index contributed by atoms with van der Waals surface area (Å²) in [5.41, 5.74) is 2.03. The lowest BCUT2D eigenvalue weighted by Crippen LogP contribution is -2.50. The van der Waals surface area contributed by atoms with E-state index >= 15 is 0 Å². The van der Waals surface area contributed by atoms with Crippen molar-refractivity contribution >= 4 is 5.91 Å². The second-order valence-corrected chi connectivity index (χ2v) is 5.99. The van der Waals surface area contributed by atoms with Gasteiger partial charge in [0.25, 0.3) is 5.91 Å². The predicted molar refractivity (Wildman–Crippen MR) is 91.9 cm³/mol. The van der Waals surface area contributed by atoms with E-state index in [1.807, 2.05) is 30.3 Å². The number of nitrogens with zero attached hydrogens (tertiary/aromatic N) is 1. The smallest absolute Gasteiger partial charge is 0.270 e. The molecule has 2 heterocycles. The lowest BCUT2D eigenvalue weighted by atomic mass is 10.1. The minimum atomic E-state index is -0.268. The fourth-order valence-corrected chi connectivity index (χ4v) is 2.76. The number of amides is 1. The van der Waals surface area contributed by atoms with Gasteiger partial charge in [-0.15, -0.1) is 0 Å². The van der Waals surface area contributed by atoms with Gasteiger partial charge in [-0.25, -0.2) is 0 Å². The van der Waals surface area contributed by atoms with Crippen molar-refractivity contribution < 1.29 is 19.4 Å². The van der Waals surface area contributed by atoms with E-state index in [0.717, 1.165) is 5.56 Å². The van der Waals surface area contributed by atoms with Crippen molar-refractivity contribution in [2.75, 3.05) is 13.2 Å². The Balaban J connectivity index is 1.61. The molecule has 1 aromatic carbocycles. The van der Waals surface area contributed by atoms with Crippen molar-refractivity contribution in [1.82, 2.24) is 10.3 Å². The number of hydrogen-bond acceptors (Lipinski definition) is 5. The SMILES string of the molecule is O=C(N[C@@H]1CCOC[C@H]1OCc1ccccc1)c1cc(CO)ccn1. The monoisotopic (exact) mass is 342 g/mol. The zero-order valence-electron chi connectivity index (χ0n) is 13.9. The summed E-state index contributed by atoms with van der Waals surface area (Å²) in [6.45, 7) is 1.38. The van der Waals surface area contributed by atoms with Crippen molar-refractivity contribution in [3.8, 4) is 0 Å². The molecule has 6 nitrogen and oxygen atoms in total. The van der Waals surface area contributed by atoms with Crippen LogP contribution in [0.15, 0.2) is 48.7 Å². The van der Waals surface area contributed by atoms with Crippen LogP contribution in [0.1, 0.15) is 28.0 Å². The van der Waals surface area contributed by atoms with Crippen LogP contribution in [0.4, 0.5) is 0 Å². The van der Waals surface area contributed by atoms with E-state index in [-0.39, 0.29) is 24.7 Å². The largest absolute Gasteiger partial charge is 0.392 e. The predicted octanol–water partition coefficient (Wildman–Crippen LogP) is 1.68. The van der Waals surface area contributed by atoms with E-state index in [1.165, 1.54) is 6.20 Å². The topological polar surface area (TPSA) is 80.7 Å². The number of carbonyl (C=O) groups is 1. The molecule has 3 rings (SSSR count). The summed E-state index contributed by atoms with van der Waals surface area (Å²) < 4.78 is 11.5. The summed E-state index contributed by atoms with van der Waals surface area (Å²) in [6.07, 6.45) is 2.00. The number of aromatic nitrogens is 1. The van der Waals surface area contributed by atoms with E-state index in [1.54, 1.807) is 12.1 Å². The third-order valence-corrected chi connectivity index (χ3v) is 4.17. The average Bonchev–Trinajstić information content (AvgIpc) is 2.68. The Morgan fingerprint density at radius 3 is 2.92 bits per heavy atom. The maximum absolute atomic E-state index is 12.4. The molecule has 1 aliphatic heterocycles. The Kier molecular flexibility index (Phi) is 6.11. The Bertz CT molecular complexity index is 693. The van der Waals surface area contributed by atoms with E-state index in [2.05, 4.69) is 10.3 Å². The van der Waals surface area contributed by atoms with Crippen molar-refractivity contribution in [2.45, 2.75) is 31.8 Å². The fourth-order valence-electron chi connectivity index (χ4n) is 2.76. The molecule has 0 saturated carbocycles. The van der Waals surface area contributed by atoms with Gasteiger partial charge in [0.2, 0.25) is 0 Å². The van der Waals surface area contributed by atoms with Gasteiger partial charge in [0.05, 0.1) is 25.9 Å². The normalized spacial score (nSPS) is 20.2. The fraction of sp³-hybridized carbons (Fsp3) is 0.368. The Hall–Kier alpha value is -2.28. The number of aliphatic hydroxyl groups excluding tert-OH is 1. The van der Waals surface area contributed by atoms with Crippen molar-refractivity contribution in [1.29, 1.82) is 0 Å². The van der Waals surface area contributed by atoms with Crippen LogP contribution in [0, 0.1) is 0 Å². The Morgan fingerprint density at radius 2 is 2.12 bits per heavy atom. The molecule has 1 amide bonds. The summed E-state index contributed by atoms with van der Waals surface area (Å²) in [6, 6.07) is 13.0. The van der Waals surface area contributed by atoms with Crippen LogP contribution in [-0.4, -0.2) is 41.4 Å².